The summed E-state index contributed by atoms with van der Waals surface area (Å²) in [6, 6.07) is 9.75. The molecule has 0 amide bonds. The van der Waals surface area contributed by atoms with Crippen molar-refractivity contribution in [1.82, 2.24) is 0 Å². The summed E-state index contributed by atoms with van der Waals surface area (Å²) >= 11 is 0. The van der Waals surface area contributed by atoms with E-state index in [1.54, 1.807) is 27.7 Å². The fourth-order valence-corrected chi connectivity index (χ4v) is 8.52. The number of fused-ring (bicyclic) bond motifs is 3. The lowest BCUT2D eigenvalue weighted by atomic mass is 9.39. The van der Waals surface area contributed by atoms with E-state index in [2.05, 4.69) is 0 Å². The van der Waals surface area contributed by atoms with Crippen LogP contribution in [0.2, 0.25) is 0 Å². The van der Waals surface area contributed by atoms with Gasteiger partial charge >= 0.3 is 0 Å². The average Bonchev–Trinajstić information content (AvgIpc) is 2.86. The predicted molar refractivity (Wildman–Crippen MR) is 152 cm³/mol. The third-order valence-corrected chi connectivity index (χ3v) is 10.2. The number of hydrogen-bond donors (Lipinski definition) is 2. The van der Waals surface area contributed by atoms with Crippen molar-refractivity contribution >= 4 is 28.9 Å². The molecule has 7 heteroatoms. The second kappa shape index (κ2) is 9.28. The molecular weight excluding hydrogens is 520 g/mol. The van der Waals surface area contributed by atoms with Crippen molar-refractivity contribution in [3.63, 3.8) is 0 Å². The molecule has 0 aliphatic heterocycles. The molecule has 0 bridgehead atoms. The van der Waals surface area contributed by atoms with E-state index in [0.717, 1.165) is 23.6 Å². The van der Waals surface area contributed by atoms with E-state index in [4.69, 9.17) is 0 Å². The molecule has 0 heterocycles. The average molecular weight is 559 g/mol. The molecule has 5 rings (SSSR count). The third-order valence-electron chi connectivity index (χ3n) is 10.2. The fourth-order valence-electron chi connectivity index (χ4n) is 8.52. The summed E-state index contributed by atoms with van der Waals surface area (Å²) < 4.78 is 0. The third kappa shape index (κ3) is 3.70. The molecule has 3 unspecified atom stereocenters. The van der Waals surface area contributed by atoms with Crippen LogP contribution in [0.1, 0.15) is 75.0 Å². The quantitative estimate of drug-likeness (QED) is 0.524. The van der Waals surface area contributed by atoms with Crippen molar-refractivity contribution in [3.05, 3.63) is 52.6 Å². The van der Waals surface area contributed by atoms with Gasteiger partial charge in [0.1, 0.15) is 17.5 Å². The first-order valence-corrected chi connectivity index (χ1v) is 14.4. The second-order valence-corrected chi connectivity index (χ2v) is 13.3. The van der Waals surface area contributed by atoms with Crippen LogP contribution in [0.5, 0.6) is 5.75 Å². The molecule has 6 atom stereocenters. The molecule has 41 heavy (non-hydrogen) atoms. The van der Waals surface area contributed by atoms with Crippen LogP contribution in [0.3, 0.4) is 0 Å². The number of ketones is 5. The van der Waals surface area contributed by atoms with Crippen LogP contribution in [-0.4, -0.2) is 44.7 Å². The maximum atomic E-state index is 14.5. The van der Waals surface area contributed by atoms with Gasteiger partial charge in [0.15, 0.2) is 28.7 Å². The van der Waals surface area contributed by atoms with E-state index in [9.17, 15) is 34.2 Å². The zero-order chi connectivity index (χ0) is 30.4. The zero-order valence-electron chi connectivity index (χ0n) is 24.8. The normalized spacial score (nSPS) is 33.0. The van der Waals surface area contributed by atoms with Crippen LogP contribution < -0.4 is 0 Å². The number of benzene rings is 2. The number of carbonyl (C=O) groups excluding carboxylic acids is 5. The van der Waals surface area contributed by atoms with Gasteiger partial charge in [-0.2, -0.15) is 0 Å². The minimum Gasteiger partial charge on any atom is -0.507 e. The Morgan fingerprint density at radius 3 is 2.20 bits per heavy atom. The van der Waals surface area contributed by atoms with Crippen molar-refractivity contribution < 1.29 is 34.2 Å². The van der Waals surface area contributed by atoms with E-state index >= 15 is 0 Å². The number of aromatic hydroxyl groups is 1. The number of carbonyl (C=O) groups is 5. The molecule has 2 aromatic rings. The highest BCUT2D eigenvalue weighted by molar-refractivity contribution is 6.32. The maximum absolute atomic E-state index is 14.5. The van der Waals surface area contributed by atoms with Crippen LogP contribution in [-0.2, 0) is 32.0 Å². The number of aliphatic hydroxyl groups is 1. The van der Waals surface area contributed by atoms with Gasteiger partial charge in [-0.1, -0.05) is 64.4 Å². The Morgan fingerprint density at radius 1 is 1.05 bits per heavy atom. The lowest BCUT2D eigenvalue weighted by Gasteiger charge is -2.62. The highest BCUT2D eigenvalue weighted by Crippen LogP contribution is 2.64. The summed E-state index contributed by atoms with van der Waals surface area (Å²) in [5.74, 6) is -8.75. The molecule has 3 aliphatic rings. The summed E-state index contributed by atoms with van der Waals surface area (Å²) in [4.78, 5) is 68.9. The van der Waals surface area contributed by atoms with Crippen LogP contribution in [0.4, 0.5) is 0 Å². The predicted octanol–water partition coefficient (Wildman–Crippen LogP) is 4.63. The molecule has 0 spiro atoms. The number of phenols is 1. The molecule has 2 N–H and O–H groups in total. The van der Waals surface area contributed by atoms with Crippen molar-refractivity contribution in [3.8, 4) is 16.9 Å². The number of Topliss-reactive ketones (excluding diaryl/α,β-unsaturated/α-hetero) is 5. The molecule has 2 fully saturated rings. The van der Waals surface area contributed by atoms with Gasteiger partial charge in [0.05, 0.1) is 11.5 Å². The molecule has 0 aromatic heterocycles. The largest absolute Gasteiger partial charge is 0.507 e. The first-order valence-electron chi connectivity index (χ1n) is 14.4. The topological polar surface area (TPSA) is 126 Å². The van der Waals surface area contributed by atoms with Gasteiger partial charge < -0.3 is 10.2 Å². The Balaban J connectivity index is 1.78. The molecule has 2 aromatic carbocycles. The van der Waals surface area contributed by atoms with Crippen molar-refractivity contribution in [1.29, 1.82) is 0 Å². The molecule has 0 saturated heterocycles. The Bertz CT molecular complexity index is 1530. The zero-order valence-corrected chi connectivity index (χ0v) is 24.8. The first kappa shape index (κ1) is 29.1. The standard InChI is InChI=1S/C34H38O7/c1-8-19-13-21(20-11-9-17(4)10-12-20)22-14-32(6)15-33(7)25(16(2)3)28(37)23(18(5)35)30(39)34(33,41)31(40)26(32)29(38)24(22)27(19)36/h9-13,16,23,25-26,36,41H,8,14-15H2,1-7H3/t23?,25?,26?,32-,33-,34+/m1/s1. The monoisotopic (exact) mass is 558 g/mol. The van der Waals surface area contributed by atoms with Gasteiger partial charge in [-0.3, -0.25) is 24.0 Å². The second-order valence-electron chi connectivity index (χ2n) is 13.3. The number of rotatable bonds is 4. The minimum absolute atomic E-state index is 0.0344. The van der Waals surface area contributed by atoms with Crippen LogP contribution in [0.15, 0.2) is 30.3 Å². The van der Waals surface area contributed by atoms with E-state index in [1.807, 2.05) is 44.2 Å². The van der Waals surface area contributed by atoms with E-state index in [1.165, 1.54) is 0 Å². The molecule has 3 aliphatic carbocycles. The van der Waals surface area contributed by atoms with Gasteiger partial charge in [-0.05, 0) is 72.8 Å². The van der Waals surface area contributed by atoms with Gasteiger partial charge in [0.25, 0.3) is 0 Å². The molecule has 2 saturated carbocycles. The van der Waals surface area contributed by atoms with E-state index < -0.39 is 63.1 Å². The highest BCUT2D eigenvalue weighted by Gasteiger charge is 2.76. The van der Waals surface area contributed by atoms with Crippen LogP contribution in [0, 0.1) is 41.4 Å². The Morgan fingerprint density at radius 2 is 1.66 bits per heavy atom. The van der Waals surface area contributed by atoms with Gasteiger partial charge in [-0.25, -0.2) is 0 Å². The summed E-state index contributed by atoms with van der Waals surface area (Å²) in [7, 11) is 0. The van der Waals surface area contributed by atoms with Crippen molar-refractivity contribution in [2.24, 2.45) is 34.5 Å². The van der Waals surface area contributed by atoms with Crippen molar-refractivity contribution in [2.75, 3.05) is 0 Å². The summed E-state index contributed by atoms with van der Waals surface area (Å²) in [6.07, 6.45) is 0.701. The number of hydrogen-bond acceptors (Lipinski definition) is 7. The Hall–Kier alpha value is -3.45. The molecule has 216 valence electrons. The van der Waals surface area contributed by atoms with Gasteiger partial charge in [-0.15, -0.1) is 0 Å². The number of phenolic OH excluding ortho intramolecular Hbond substituents is 1. The number of aryl methyl sites for hydroxylation is 2. The molecule has 0 radical (unpaired) electrons. The lowest BCUT2D eigenvalue weighted by Crippen LogP contribution is -2.76. The van der Waals surface area contributed by atoms with Crippen LogP contribution >= 0.6 is 0 Å². The Kier molecular flexibility index (Phi) is 6.58. The maximum Gasteiger partial charge on any atom is 0.190 e. The van der Waals surface area contributed by atoms with Crippen molar-refractivity contribution in [2.45, 2.75) is 73.3 Å². The summed E-state index contributed by atoms with van der Waals surface area (Å²) in [6.45, 7) is 11.9. The minimum atomic E-state index is -2.69. The van der Waals surface area contributed by atoms with Crippen LogP contribution in [0.25, 0.3) is 11.1 Å². The Labute approximate surface area is 240 Å². The smallest absolute Gasteiger partial charge is 0.190 e. The SMILES string of the molecule is CCc1cc(-c2ccc(C)cc2)c2c(c1O)C(=O)C1C(=O)[C@@]3(O)C(=O)C(C(C)=O)C(=O)C(C(C)C)[C@@]3(C)C[C@@]1(C)C2. The van der Waals surface area contributed by atoms with Gasteiger partial charge in [0, 0.05) is 11.3 Å². The highest BCUT2D eigenvalue weighted by atomic mass is 16.3. The fraction of sp³-hybridized carbons (Fsp3) is 0.500. The summed E-state index contributed by atoms with van der Waals surface area (Å²) in [5.41, 5.74) is -1.34. The first-order chi connectivity index (χ1) is 19.0. The molecular formula is C34H38O7. The lowest BCUT2D eigenvalue weighted by molar-refractivity contribution is -0.205. The summed E-state index contributed by atoms with van der Waals surface area (Å²) in [5, 5.41) is 23.5. The van der Waals surface area contributed by atoms with E-state index in [0.29, 0.717) is 17.5 Å². The van der Waals surface area contributed by atoms with Gasteiger partial charge in [0.2, 0.25) is 0 Å². The molecule has 7 nitrogen and oxygen atoms in total. The van der Waals surface area contributed by atoms with E-state index in [-0.39, 0.29) is 30.1 Å².